The maximum atomic E-state index is 13.8. The minimum absolute atomic E-state index is 0.101. The third kappa shape index (κ3) is 3.69. The van der Waals surface area contributed by atoms with Crippen molar-refractivity contribution in [3.63, 3.8) is 0 Å². The molecule has 0 aromatic carbocycles. The number of aromatic nitrogens is 1. The van der Waals surface area contributed by atoms with Crippen molar-refractivity contribution in [2.45, 2.75) is 43.9 Å². The first-order valence-corrected chi connectivity index (χ1v) is 7.80. The molecule has 1 aliphatic carbocycles. The maximum Gasteiger partial charge on any atom is 0.146 e. The van der Waals surface area contributed by atoms with E-state index in [2.05, 4.69) is 17.2 Å². The lowest BCUT2D eigenvalue weighted by atomic mass is 10.1. The number of nitrogens with zero attached hydrogens (tertiary/aromatic N) is 1. The molecule has 1 heterocycles. The Balaban J connectivity index is 1.96. The van der Waals surface area contributed by atoms with E-state index in [9.17, 15) is 4.39 Å². The molecule has 2 nitrogen and oxygen atoms in total. The Hall–Kier alpha value is -0.610. The molecule has 2 rings (SSSR count). The molecule has 18 heavy (non-hydrogen) atoms. The first-order chi connectivity index (χ1) is 8.81. The summed E-state index contributed by atoms with van der Waals surface area (Å²) in [5, 5.41) is 4.15. The topological polar surface area (TPSA) is 24.9 Å². The molecule has 0 aliphatic heterocycles. The second kappa shape index (κ2) is 7.10. The molecule has 1 fully saturated rings. The molecule has 1 N–H and O–H groups in total. The zero-order valence-electron chi connectivity index (χ0n) is 10.9. The number of nitrogens with one attached hydrogen (secondary N) is 1. The van der Waals surface area contributed by atoms with Gasteiger partial charge in [0.05, 0.1) is 6.20 Å². The van der Waals surface area contributed by atoms with E-state index in [1.165, 1.54) is 31.9 Å². The van der Waals surface area contributed by atoms with Crippen LogP contribution < -0.4 is 5.32 Å². The van der Waals surface area contributed by atoms with Crippen LogP contribution in [0.2, 0.25) is 0 Å². The normalized spacial score (nSPS) is 18.1. The summed E-state index contributed by atoms with van der Waals surface area (Å²) >= 11 is 1.99. The van der Waals surface area contributed by atoms with Gasteiger partial charge in [0.2, 0.25) is 0 Å². The molecule has 0 spiro atoms. The summed E-state index contributed by atoms with van der Waals surface area (Å²) in [4.78, 5) is 3.82. The van der Waals surface area contributed by atoms with E-state index in [-0.39, 0.29) is 11.9 Å². The van der Waals surface area contributed by atoms with Gasteiger partial charge >= 0.3 is 0 Å². The second-order valence-electron chi connectivity index (χ2n) is 4.75. The fourth-order valence-electron chi connectivity index (χ4n) is 2.46. The largest absolute Gasteiger partial charge is 0.309 e. The van der Waals surface area contributed by atoms with E-state index >= 15 is 0 Å². The van der Waals surface area contributed by atoms with Crippen LogP contribution in [0.1, 0.15) is 44.2 Å². The monoisotopic (exact) mass is 268 g/mol. The highest BCUT2D eigenvalue weighted by atomic mass is 32.2. The minimum Gasteiger partial charge on any atom is -0.309 e. The molecule has 1 unspecified atom stereocenters. The van der Waals surface area contributed by atoms with E-state index in [1.54, 1.807) is 12.3 Å². The molecule has 0 amide bonds. The molecule has 1 saturated carbocycles. The minimum atomic E-state index is -0.199. The number of pyridine rings is 1. The van der Waals surface area contributed by atoms with Crippen molar-refractivity contribution in [3.05, 3.63) is 29.8 Å². The van der Waals surface area contributed by atoms with Crippen molar-refractivity contribution in [1.82, 2.24) is 10.3 Å². The molecule has 0 bridgehead atoms. The molecule has 1 aromatic heterocycles. The van der Waals surface area contributed by atoms with Gasteiger partial charge in [-0.25, -0.2) is 4.39 Å². The summed E-state index contributed by atoms with van der Waals surface area (Å²) in [6, 6.07) is 1.89. The number of hydrogen-bond donors (Lipinski definition) is 1. The van der Waals surface area contributed by atoms with Crippen molar-refractivity contribution in [1.29, 1.82) is 0 Å². The Morgan fingerprint density at radius 2 is 2.28 bits per heavy atom. The van der Waals surface area contributed by atoms with Crippen LogP contribution in [0.15, 0.2) is 18.5 Å². The Bertz CT molecular complexity index is 367. The SMILES string of the molecule is CCNC(CSC1CCCC1)c1ccncc1F. The number of rotatable bonds is 6. The van der Waals surface area contributed by atoms with Gasteiger partial charge in [0.15, 0.2) is 0 Å². The number of hydrogen-bond acceptors (Lipinski definition) is 3. The third-order valence-corrected chi connectivity index (χ3v) is 4.90. The highest BCUT2D eigenvalue weighted by Gasteiger charge is 2.20. The van der Waals surface area contributed by atoms with Gasteiger partial charge in [-0.1, -0.05) is 19.8 Å². The van der Waals surface area contributed by atoms with E-state index in [1.807, 2.05) is 11.8 Å². The molecule has 4 heteroatoms. The zero-order chi connectivity index (χ0) is 12.8. The molecule has 0 saturated heterocycles. The van der Waals surface area contributed by atoms with E-state index < -0.39 is 0 Å². The summed E-state index contributed by atoms with van der Waals surface area (Å²) in [6.45, 7) is 2.92. The summed E-state index contributed by atoms with van der Waals surface area (Å²) in [6.07, 6.45) is 8.33. The van der Waals surface area contributed by atoms with Gasteiger partial charge in [-0.2, -0.15) is 11.8 Å². The molecule has 1 atom stereocenters. The zero-order valence-corrected chi connectivity index (χ0v) is 11.7. The van der Waals surface area contributed by atoms with Crippen molar-refractivity contribution in [2.75, 3.05) is 12.3 Å². The lowest BCUT2D eigenvalue weighted by Gasteiger charge is -2.20. The molecular formula is C14H21FN2S. The van der Waals surface area contributed by atoms with Crippen molar-refractivity contribution >= 4 is 11.8 Å². The highest BCUT2D eigenvalue weighted by molar-refractivity contribution is 7.99. The molecule has 100 valence electrons. The van der Waals surface area contributed by atoms with Crippen molar-refractivity contribution < 1.29 is 4.39 Å². The average Bonchev–Trinajstić information content (AvgIpc) is 2.88. The van der Waals surface area contributed by atoms with Crippen LogP contribution in [0.25, 0.3) is 0 Å². The van der Waals surface area contributed by atoms with Crippen LogP contribution in [0.4, 0.5) is 4.39 Å². The van der Waals surface area contributed by atoms with Gasteiger partial charge in [0.1, 0.15) is 5.82 Å². The first-order valence-electron chi connectivity index (χ1n) is 6.75. The third-order valence-electron chi connectivity index (χ3n) is 3.43. The Kier molecular flexibility index (Phi) is 5.45. The van der Waals surface area contributed by atoms with Crippen LogP contribution in [-0.2, 0) is 0 Å². The smallest absolute Gasteiger partial charge is 0.146 e. The van der Waals surface area contributed by atoms with Gasteiger partial charge in [-0.3, -0.25) is 4.98 Å². The Labute approximate surface area is 113 Å². The van der Waals surface area contributed by atoms with Gasteiger partial charge in [-0.15, -0.1) is 0 Å². The lowest BCUT2D eigenvalue weighted by molar-refractivity contribution is 0.541. The number of thioether (sulfide) groups is 1. The number of halogens is 1. The standard InChI is InChI=1S/C14H21FN2S/c1-2-17-14(10-18-11-5-3-4-6-11)12-7-8-16-9-13(12)15/h7-9,11,14,17H,2-6,10H2,1H3. The van der Waals surface area contributed by atoms with Gasteiger partial charge in [0, 0.05) is 28.8 Å². The molecule has 1 aromatic rings. The Morgan fingerprint density at radius 3 is 2.94 bits per heavy atom. The second-order valence-corrected chi connectivity index (χ2v) is 6.08. The summed E-state index contributed by atoms with van der Waals surface area (Å²) in [7, 11) is 0. The highest BCUT2D eigenvalue weighted by Crippen LogP contribution is 2.32. The van der Waals surface area contributed by atoms with Crippen LogP contribution in [0.5, 0.6) is 0 Å². The molecular weight excluding hydrogens is 247 g/mol. The van der Waals surface area contributed by atoms with E-state index in [0.29, 0.717) is 0 Å². The molecule has 0 radical (unpaired) electrons. The van der Waals surface area contributed by atoms with Crippen LogP contribution in [0.3, 0.4) is 0 Å². The fraction of sp³-hybridized carbons (Fsp3) is 0.643. The lowest BCUT2D eigenvalue weighted by Crippen LogP contribution is -2.24. The van der Waals surface area contributed by atoms with Crippen LogP contribution in [-0.4, -0.2) is 22.5 Å². The van der Waals surface area contributed by atoms with Gasteiger partial charge in [0.25, 0.3) is 0 Å². The maximum absolute atomic E-state index is 13.8. The predicted molar refractivity (Wildman–Crippen MR) is 75.3 cm³/mol. The summed E-state index contributed by atoms with van der Waals surface area (Å²) in [5.74, 6) is 0.745. The first kappa shape index (κ1) is 13.8. The van der Waals surface area contributed by atoms with E-state index in [0.717, 1.165) is 23.1 Å². The van der Waals surface area contributed by atoms with Crippen LogP contribution >= 0.6 is 11.8 Å². The van der Waals surface area contributed by atoms with Crippen molar-refractivity contribution in [2.24, 2.45) is 0 Å². The van der Waals surface area contributed by atoms with Gasteiger partial charge in [-0.05, 0) is 25.5 Å². The van der Waals surface area contributed by atoms with Crippen LogP contribution in [0, 0.1) is 5.82 Å². The van der Waals surface area contributed by atoms with Gasteiger partial charge < -0.3 is 5.32 Å². The fourth-order valence-corrected chi connectivity index (χ4v) is 3.89. The summed E-state index contributed by atoms with van der Waals surface area (Å²) in [5.41, 5.74) is 0.748. The van der Waals surface area contributed by atoms with E-state index in [4.69, 9.17) is 0 Å². The molecule has 1 aliphatic rings. The Morgan fingerprint density at radius 1 is 1.50 bits per heavy atom. The summed E-state index contributed by atoms with van der Waals surface area (Å²) < 4.78 is 13.8. The quantitative estimate of drug-likeness (QED) is 0.854. The average molecular weight is 268 g/mol. The van der Waals surface area contributed by atoms with Crippen molar-refractivity contribution in [3.8, 4) is 0 Å². The predicted octanol–water partition coefficient (Wildman–Crippen LogP) is 3.55.